The zero-order chi connectivity index (χ0) is 22.5. The summed E-state index contributed by atoms with van der Waals surface area (Å²) in [5, 5.41) is 2.98. The van der Waals surface area contributed by atoms with Crippen LogP contribution in [-0.2, 0) is 9.53 Å². The van der Waals surface area contributed by atoms with Crippen molar-refractivity contribution in [2.75, 3.05) is 32.7 Å². The van der Waals surface area contributed by atoms with Crippen molar-refractivity contribution in [2.45, 2.75) is 65.7 Å². The average molecular weight is 430 g/mol. The van der Waals surface area contributed by atoms with Crippen LogP contribution in [0.1, 0.15) is 56.5 Å². The monoisotopic (exact) mass is 429 g/mol. The second-order valence-corrected chi connectivity index (χ2v) is 9.81. The first kappa shape index (κ1) is 23.7. The van der Waals surface area contributed by atoms with E-state index in [1.807, 2.05) is 49.9 Å². The van der Waals surface area contributed by atoms with Crippen LogP contribution < -0.4 is 5.32 Å². The zero-order valence-corrected chi connectivity index (χ0v) is 19.8. The van der Waals surface area contributed by atoms with Crippen molar-refractivity contribution < 1.29 is 14.3 Å². The van der Waals surface area contributed by atoms with Gasteiger partial charge in [0.1, 0.15) is 6.04 Å². The lowest BCUT2D eigenvalue weighted by molar-refractivity contribution is -0.136. The van der Waals surface area contributed by atoms with Crippen molar-refractivity contribution in [3.63, 3.8) is 0 Å². The quantitative estimate of drug-likeness (QED) is 0.755. The van der Waals surface area contributed by atoms with Gasteiger partial charge in [0.25, 0.3) is 5.91 Å². The normalized spacial score (nSPS) is 24.3. The highest BCUT2D eigenvalue weighted by molar-refractivity contribution is 5.97. The highest BCUT2D eigenvalue weighted by atomic mass is 16.5. The van der Waals surface area contributed by atoms with E-state index in [1.54, 1.807) is 0 Å². The SMILES string of the molecule is Cc1ccc(C(=O)NC(C(=O)N2CCC(CN3CC(C)OC(C)C3)CC2)C(C)C)cc1. The molecule has 2 amide bonds. The Bertz CT molecular complexity index is 731. The minimum Gasteiger partial charge on any atom is -0.373 e. The van der Waals surface area contributed by atoms with Gasteiger partial charge in [-0.05, 0) is 57.6 Å². The first-order valence-electron chi connectivity index (χ1n) is 11.8. The number of benzene rings is 1. The van der Waals surface area contributed by atoms with E-state index in [-0.39, 0.29) is 29.9 Å². The standard InChI is InChI=1S/C25H39N3O3/c1-17(2)23(26-24(29)22-8-6-18(3)7-9-22)25(30)28-12-10-21(11-13-28)16-27-14-19(4)31-20(5)15-27/h6-9,17,19-21,23H,10-16H2,1-5H3,(H,26,29). The van der Waals surface area contributed by atoms with Gasteiger partial charge in [0, 0.05) is 38.3 Å². The Morgan fingerprint density at radius 1 is 1.06 bits per heavy atom. The number of rotatable bonds is 6. The predicted octanol–water partition coefficient (Wildman–Crippen LogP) is 3.10. The fourth-order valence-corrected chi connectivity index (χ4v) is 4.77. The van der Waals surface area contributed by atoms with E-state index in [1.165, 1.54) is 0 Å². The number of morpholine rings is 1. The minimum atomic E-state index is -0.494. The Morgan fingerprint density at radius 3 is 2.19 bits per heavy atom. The number of nitrogens with one attached hydrogen (secondary N) is 1. The zero-order valence-electron chi connectivity index (χ0n) is 19.8. The van der Waals surface area contributed by atoms with Gasteiger partial charge in [-0.3, -0.25) is 14.5 Å². The summed E-state index contributed by atoms with van der Waals surface area (Å²) in [5.74, 6) is 0.511. The molecule has 2 heterocycles. The van der Waals surface area contributed by atoms with Crippen LogP contribution in [0.4, 0.5) is 0 Å². The smallest absolute Gasteiger partial charge is 0.251 e. The maximum atomic E-state index is 13.2. The first-order chi connectivity index (χ1) is 14.7. The van der Waals surface area contributed by atoms with Gasteiger partial charge < -0.3 is 15.0 Å². The molecular weight excluding hydrogens is 390 g/mol. The fraction of sp³-hybridized carbons (Fsp3) is 0.680. The van der Waals surface area contributed by atoms with Gasteiger partial charge in [-0.2, -0.15) is 0 Å². The second-order valence-electron chi connectivity index (χ2n) is 9.81. The minimum absolute atomic E-state index is 0.0379. The van der Waals surface area contributed by atoms with Crippen molar-refractivity contribution in [3.8, 4) is 0 Å². The van der Waals surface area contributed by atoms with Crippen LogP contribution in [0.15, 0.2) is 24.3 Å². The highest BCUT2D eigenvalue weighted by Gasteiger charge is 2.32. The summed E-state index contributed by atoms with van der Waals surface area (Å²) in [4.78, 5) is 30.4. The van der Waals surface area contributed by atoms with Crippen molar-refractivity contribution >= 4 is 11.8 Å². The van der Waals surface area contributed by atoms with Crippen LogP contribution >= 0.6 is 0 Å². The Kier molecular flexibility index (Phi) is 8.11. The molecular formula is C25H39N3O3. The van der Waals surface area contributed by atoms with Crippen molar-refractivity contribution in [1.82, 2.24) is 15.1 Å². The number of hydrogen-bond donors (Lipinski definition) is 1. The molecule has 6 nitrogen and oxygen atoms in total. The van der Waals surface area contributed by atoms with Crippen LogP contribution in [0, 0.1) is 18.8 Å². The first-order valence-corrected chi connectivity index (χ1v) is 11.8. The molecule has 31 heavy (non-hydrogen) atoms. The number of nitrogens with zero attached hydrogens (tertiary/aromatic N) is 2. The maximum Gasteiger partial charge on any atom is 0.251 e. The number of amides is 2. The van der Waals surface area contributed by atoms with Gasteiger partial charge in [-0.25, -0.2) is 0 Å². The molecule has 0 bridgehead atoms. The lowest BCUT2D eigenvalue weighted by Crippen LogP contribution is -2.54. The molecule has 3 unspecified atom stereocenters. The van der Waals surface area contributed by atoms with E-state index in [0.29, 0.717) is 11.5 Å². The average Bonchev–Trinajstić information content (AvgIpc) is 2.71. The Labute approximate surface area is 187 Å². The number of ether oxygens (including phenoxy) is 1. The molecule has 0 radical (unpaired) electrons. The molecule has 0 aliphatic carbocycles. The number of aryl methyl sites for hydroxylation is 1. The number of hydrogen-bond acceptors (Lipinski definition) is 4. The molecule has 3 atom stereocenters. The summed E-state index contributed by atoms with van der Waals surface area (Å²) in [6, 6.07) is 6.96. The summed E-state index contributed by atoms with van der Waals surface area (Å²) in [6.07, 6.45) is 2.61. The van der Waals surface area contributed by atoms with Crippen LogP contribution in [0.2, 0.25) is 0 Å². The van der Waals surface area contributed by atoms with Gasteiger partial charge in [0.05, 0.1) is 12.2 Å². The third-order valence-electron chi connectivity index (χ3n) is 6.47. The molecule has 2 aliphatic heterocycles. The van der Waals surface area contributed by atoms with Crippen molar-refractivity contribution in [2.24, 2.45) is 11.8 Å². The molecule has 2 saturated heterocycles. The molecule has 0 saturated carbocycles. The summed E-state index contributed by atoms with van der Waals surface area (Å²) in [5.41, 5.74) is 1.70. The third-order valence-corrected chi connectivity index (χ3v) is 6.47. The van der Waals surface area contributed by atoms with Gasteiger partial charge in [-0.1, -0.05) is 31.5 Å². The molecule has 172 valence electrons. The third kappa shape index (κ3) is 6.53. The van der Waals surface area contributed by atoms with E-state index in [9.17, 15) is 9.59 Å². The Hall–Kier alpha value is -1.92. The van der Waals surface area contributed by atoms with Crippen molar-refractivity contribution in [1.29, 1.82) is 0 Å². The van der Waals surface area contributed by atoms with Crippen LogP contribution in [0.5, 0.6) is 0 Å². The number of carbonyl (C=O) groups is 2. The van der Waals surface area contributed by atoms with E-state index in [2.05, 4.69) is 24.1 Å². The van der Waals surface area contributed by atoms with Gasteiger partial charge in [0.2, 0.25) is 5.91 Å². The summed E-state index contributed by atoms with van der Waals surface area (Å²) >= 11 is 0. The topological polar surface area (TPSA) is 61.9 Å². The number of likely N-dealkylation sites (tertiary alicyclic amines) is 1. The van der Waals surface area contributed by atoms with Gasteiger partial charge in [0.15, 0.2) is 0 Å². The second kappa shape index (κ2) is 10.6. The number of piperidine rings is 1. The summed E-state index contributed by atoms with van der Waals surface area (Å²) in [7, 11) is 0. The van der Waals surface area contributed by atoms with Gasteiger partial charge in [-0.15, -0.1) is 0 Å². The van der Waals surface area contributed by atoms with Crippen molar-refractivity contribution in [3.05, 3.63) is 35.4 Å². The van der Waals surface area contributed by atoms with Crippen LogP contribution in [-0.4, -0.2) is 72.6 Å². The van der Waals surface area contributed by atoms with Crippen LogP contribution in [0.3, 0.4) is 0 Å². The highest BCUT2D eigenvalue weighted by Crippen LogP contribution is 2.22. The summed E-state index contributed by atoms with van der Waals surface area (Å²) in [6.45, 7) is 14.8. The molecule has 3 rings (SSSR count). The Morgan fingerprint density at radius 2 is 1.65 bits per heavy atom. The number of carbonyl (C=O) groups excluding carboxylic acids is 2. The molecule has 1 aromatic carbocycles. The molecule has 6 heteroatoms. The largest absolute Gasteiger partial charge is 0.373 e. The summed E-state index contributed by atoms with van der Waals surface area (Å²) < 4.78 is 5.84. The molecule has 2 aliphatic rings. The molecule has 1 aromatic rings. The van der Waals surface area contributed by atoms with E-state index in [0.717, 1.165) is 51.1 Å². The molecule has 2 fully saturated rings. The molecule has 0 spiro atoms. The lowest BCUT2D eigenvalue weighted by Gasteiger charge is -2.40. The van der Waals surface area contributed by atoms with E-state index >= 15 is 0 Å². The van der Waals surface area contributed by atoms with E-state index < -0.39 is 6.04 Å². The van der Waals surface area contributed by atoms with Gasteiger partial charge >= 0.3 is 0 Å². The van der Waals surface area contributed by atoms with E-state index in [4.69, 9.17) is 4.74 Å². The molecule has 0 aromatic heterocycles. The Balaban J connectivity index is 1.52. The molecule has 1 N–H and O–H groups in total. The maximum absolute atomic E-state index is 13.2. The van der Waals surface area contributed by atoms with Crippen LogP contribution in [0.25, 0.3) is 0 Å². The predicted molar refractivity (Wildman–Crippen MR) is 123 cm³/mol. The fourth-order valence-electron chi connectivity index (χ4n) is 4.77. The lowest BCUT2D eigenvalue weighted by atomic mass is 9.94.